The molecule has 2 fully saturated rings. The molecular weight excluding hydrogens is 348 g/mol. The Kier molecular flexibility index (Phi) is 6.68. The number of para-hydroxylation sites is 1. The van der Waals surface area contributed by atoms with Crippen LogP contribution in [0.25, 0.3) is 6.08 Å². The molecule has 0 aliphatic carbocycles. The first-order valence-electron chi connectivity index (χ1n) is 7.68. The third kappa shape index (κ3) is 4.30. The monoisotopic (exact) mass is 368 g/mol. The van der Waals surface area contributed by atoms with E-state index in [1.54, 1.807) is 6.08 Å². The molecule has 2 saturated heterocycles. The summed E-state index contributed by atoms with van der Waals surface area (Å²) in [5.41, 5.74) is 7.68. The Morgan fingerprint density at radius 1 is 1.17 bits per heavy atom. The van der Waals surface area contributed by atoms with E-state index >= 15 is 0 Å². The molecule has 24 heavy (non-hydrogen) atoms. The number of carbonyl (C=O) groups is 2. The van der Waals surface area contributed by atoms with Gasteiger partial charge in [0.1, 0.15) is 0 Å². The minimum absolute atomic E-state index is 0. The van der Waals surface area contributed by atoms with Crippen molar-refractivity contribution >= 4 is 47.1 Å². The molecule has 1 aromatic rings. The summed E-state index contributed by atoms with van der Waals surface area (Å²) in [7, 11) is 0. The number of carbonyl (C=O) groups excluding carboxylic acids is 2. The largest absolute Gasteiger partial charge is 0.368 e. The van der Waals surface area contributed by atoms with Crippen LogP contribution >= 0.6 is 24.2 Å². The number of rotatable bonds is 4. The number of piperazine rings is 1. The zero-order valence-electron chi connectivity index (χ0n) is 13.2. The minimum atomic E-state index is -0.317. The van der Waals surface area contributed by atoms with Crippen LogP contribution < -0.4 is 16.0 Å². The molecule has 3 N–H and O–H groups in total. The Hall–Kier alpha value is -1.54. The number of hydrogen-bond donors (Lipinski definition) is 2. The van der Waals surface area contributed by atoms with E-state index in [1.807, 2.05) is 18.2 Å². The van der Waals surface area contributed by atoms with Crippen LogP contribution in [0.4, 0.5) is 10.5 Å². The Bertz CT molecular complexity index is 645. The van der Waals surface area contributed by atoms with Crippen molar-refractivity contribution in [3.63, 3.8) is 0 Å². The zero-order valence-corrected chi connectivity index (χ0v) is 14.9. The number of imide groups is 1. The van der Waals surface area contributed by atoms with Crippen molar-refractivity contribution in [3.8, 4) is 0 Å². The normalized spacial score (nSPS) is 20.2. The molecule has 2 aliphatic heterocycles. The molecule has 0 atom stereocenters. The van der Waals surface area contributed by atoms with Crippen LogP contribution in [0.2, 0.25) is 0 Å². The third-order valence-corrected chi connectivity index (χ3v) is 4.83. The summed E-state index contributed by atoms with van der Waals surface area (Å²) in [5, 5.41) is 1.98. The lowest BCUT2D eigenvalue weighted by atomic mass is 10.1. The van der Waals surface area contributed by atoms with Gasteiger partial charge in [-0.1, -0.05) is 18.2 Å². The van der Waals surface area contributed by atoms with Gasteiger partial charge in [0.2, 0.25) is 0 Å². The van der Waals surface area contributed by atoms with E-state index in [-0.39, 0.29) is 23.6 Å². The quantitative estimate of drug-likeness (QED) is 0.784. The average molecular weight is 369 g/mol. The van der Waals surface area contributed by atoms with Gasteiger partial charge in [0.15, 0.2) is 0 Å². The summed E-state index contributed by atoms with van der Waals surface area (Å²) in [6.07, 6.45) is 1.80. The van der Waals surface area contributed by atoms with Crippen LogP contribution in [-0.4, -0.2) is 55.3 Å². The molecule has 6 nitrogen and oxygen atoms in total. The van der Waals surface area contributed by atoms with E-state index in [9.17, 15) is 9.59 Å². The highest BCUT2D eigenvalue weighted by atomic mass is 35.5. The van der Waals surface area contributed by atoms with E-state index in [0.717, 1.165) is 55.7 Å². The zero-order chi connectivity index (χ0) is 16.2. The van der Waals surface area contributed by atoms with Gasteiger partial charge in [0.05, 0.1) is 4.91 Å². The maximum absolute atomic E-state index is 11.7. The van der Waals surface area contributed by atoms with Crippen LogP contribution in [0.15, 0.2) is 29.2 Å². The highest BCUT2D eigenvalue weighted by Gasteiger charge is 2.26. The summed E-state index contributed by atoms with van der Waals surface area (Å²) >= 11 is 0.952. The predicted molar refractivity (Wildman–Crippen MR) is 101 cm³/mol. The average Bonchev–Trinajstić information content (AvgIpc) is 2.87. The van der Waals surface area contributed by atoms with Gasteiger partial charge in [-0.25, -0.2) is 0 Å². The van der Waals surface area contributed by atoms with E-state index in [1.165, 1.54) is 0 Å². The lowest BCUT2D eigenvalue weighted by molar-refractivity contribution is -0.115. The molecule has 0 radical (unpaired) electrons. The second-order valence-corrected chi connectivity index (χ2v) is 6.54. The fourth-order valence-electron chi connectivity index (χ4n) is 2.85. The number of hydrogen-bond acceptors (Lipinski definition) is 6. The SMILES string of the molecule is Cl.NCCN1CCN(c2ccccc2/C=C2/SC(=O)NC2=O)CC1. The number of nitrogens with one attached hydrogen (secondary N) is 1. The molecule has 130 valence electrons. The molecule has 2 amide bonds. The highest BCUT2D eigenvalue weighted by molar-refractivity contribution is 8.18. The van der Waals surface area contributed by atoms with Gasteiger partial charge in [-0.15, -0.1) is 12.4 Å². The van der Waals surface area contributed by atoms with E-state index in [4.69, 9.17) is 5.73 Å². The molecule has 8 heteroatoms. The van der Waals surface area contributed by atoms with Crippen molar-refractivity contribution in [2.24, 2.45) is 5.73 Å². The van der Waals surface area contributed by atoms with Gasteiger partial charge in [-0.05, 0) is 29.5 Å². The first-order chi connectivity index (χ1) is 11.2. The van der Waals surface area contributed by atoms with Gasteiger partial charge in [0.25, 0.3) is 11.1 Å². The molecule has 0 unspecified atom stereocenters. The second-order valence-electron chi connectivity index (χ2n) is 5.53. The standard InChI is InChI=1S/C16H20N4O2S.ClH/c17-5-6-19-7-9-20(10-8-19)13-4-2-1-3-12(13)11-14-15(21)18-16(22)23-14;/h1-4,11H,5-10,17H2,(H,18,21,22);1H/b14-11+;. The number of amides is 2. The van der Waals surface area contributed by atoms with Crippen LogP contribution in [0.3, 0.4) is 0 Å². The number of benzene rings is 1. The van der Waals surface area contributed by atoms with Crippen molar-refractivity contribution in [2.75, 3.05) is 44.2 Å². The van der Waals surface area contributed by atoms with Crippen molar-refractivity contribution in [1.29, 1.82) is 0 Å². The first kappa shape index (κ1) is 18.8. The lowest BCUT2D eigenvalue weighted by Gasteiger charge is -2.36. The van der Waals surface area contributed by atoms with Crippen LogP contribution in [0.5, 0.6) is 0 Å². The number of nitrogens with zero attached hydrogens (tertiary/aromatic N) is 2. The summed E-state index contributed by atoms with van der Waals surface area (Å²) in [6, 6.07) is 7.98. The smallest absolute Gasteiger partial charge is 0.290 e. The van der Waals surface area contributed by atoms with Crippen LogP contribution in [0, 0.1) is 0 Å². The van der Waals surface area contributed by atoms with Gasteiger partial charge in [-0.3, -0.25) is 19.8 Å². The summed E-state index contributed by atoms with van der Waals surface area (Å²) in [6.45, 7) is 5.43. The molecule has 0 saturated carbocycles. The second kappa shape index (κ2) is 8.53. The molecule has 3 rings (SSSR count). The summed E-state index contributed by atoms with van der Waals surface area (Å²) in [4.78, 5) is 28.2. The van der Waals surface area contributed by atoms with Gasteiger partial charge in [0, 0.05) is 45.0 Å². The molecule has 2 aliphatic rings. The third-order valence-electron chi connectivity index (χ3n) is 4.02. The Labute approximate surface area is 151 Å². The molecule has 1 aromatic carbocycles. The lowest BCUT2D eigenvalue weighted by Crippen LogP contribution is -2.47. The number of nitrogens with two attached hydrogens (primary N) is 1. The Morgan fingerprint density at radius 2 is 1.88 bits per heavy atom. The van der Waals surface area contributed by atoms with E-state index in [2.05, 4.69) is 21.2 Å². The maximum Gasteiger partial charge on any atom is 0.290 e. The molecule has 2 heterocycles. The first-order valence-corrected chi connectivity index (χ1v) is 8.50. The van der Waals surface area contributed by atoms with Crippen LogP contribution in [-0.2, 0) is 4.79 Å². The van der Waals surface area contributed by atoms with Gasteiger partial charge >= 0.3 is 0 Å². The van der Waals surface area contributed by atoms with Gasteiger partial charge in [-0.2, -0.15) is 0 Å². The molecule has 0 spiro atoms. The van der Waals surface area contributed by atoms with Crippen molar-refractivity contribution in [3.05, 3.63) is 34.7 Å². The van der Waals surface area contributed by atoms with Crippen molar-refractivity contribution in [1.82, 2.24) is 10.2 Å². The van der Waals surface area contributed by atoms with Crippen LogP contribution in [0.1, 0.15) is 5.56 Å². The fraction of sp³-hybridized carbons (Fsp3) is 0.375. The number of anilines is 1. The summed E-state index contributed by atoms with van der Waals surface area (Å²) in [5.74, 6) is -0.317. The van der Waals surface area contributed by atoms with E-state index in [0.29, 0.717) is 11.4 Å². The molecule has 0 bridgehead atoms. The maximum atomic E-state index is 11.7. The highest BCUT2D eigenvalue weighted by Crippen LogP contribution is 2.30. The molecular formula is C16H21ClN4O2S. The predicted octanol–water partition coefficient (Wildman–Crippen LogP) is 1.51. The van der Waals surface area contributed by atoms with E-state index < -0.39 is 0 Å². The van der Waals surface area contributed by atoms with Gasteiger partial charge < -0.3 is 10.6 Å². The fourth-order valence-corrected chi connectivity index (χ4v) is 3.53. The Morgan fingerprint density at radius 3 is 2.50 bits per heavy atom. The number of thioether (sulfide) groups is 1. The minimum Gasteiger partial charge on any atom is -0.368 e. The Balaban J connectivity index is 0.00000208. The van der Waals surface area contributed by atoms with Crippen molar-refractivity contribution in [2.45, 2.75) is 0 Å². The topological polar surface area (TPSA) is 78.7 Å². The van der Waals surface area contributed by atoms with Crippen molar-refractivity contribution < 1.29 is 9.59 Å². The molecule has 0 aromatic heterocycles. The number of halogens is 1. The summed E-state index contributed by atoms with van der Waals surface area (Å²) < 4.78 is 0.